The maximum absolute atomic E-state index is 5.20. The van der Waals surface area contributed by atoms with Gasteiger partial charge < -0.3 is 10.1 Å². The van der Waals surface area contributed by atoms with Crippen molar-refractivity contribution >= 4 is 22.5 Å². The van der Waals surface area contributed by atoms with Crippen LogP contribution in [0.4, 0.5) is 11.5 Å². The van der Waals surface area contributed by atoms with Crippen LogP contribution in [0.5, 0.6) is 5.75 Å². The van der Waals surface area contributed by atoms with Crippen LogP contribution in [0.3, 0.4) is 0 Å². The lowest BCUT2D eigenvalue weighted by atomic mass is 10.2. The van der Waals surface area contributed by atoms with E-state index >= 15 is 0 Å². The Balaban J connectivity index is 1.80. The van der Waals surface area contributed by atoms with Gasteiger partial charge in [-0.3, -0.25) is 0 Å². The van der Waals surface area contributed by atoms with Gasteiger partial charge in [0.2, 0.25) is 0 Å². The van der Waals surface area contributed by atoms with Gasteiger partial charge in [0.05, 0.1) is 12.5 Å². The number of nitrogens with zero attached hydrogens (tertiary/aromatic N) is 3. The lowest BCUT2D eigenvalue weighted by Crippen LogP contribution is -2.00. The Labute approximate surface area is 145 Å². The summed E-state index contributed by atoms with van der Waals surface area (Å²) >= 11 is 0. The molecule has 0 aliphatic heterocycles. The van der Waals surface area contributed by atoms with Crippen molar-refractivity contribution < 1.29 is 4.74 Å². The highest BCUT2D eigenvalue weighted by molar-refractivity contribution is 5.89. The van der Waals surface area contributed by atoms with Crippen molar-refractivity contribution in [2.45, 2.75) is 0 Å². The zero-order valence-corrected chi connectivity index (χ0v) is 13.7. The van der Waals surface area contributed by atoms with E-state index in [2.05, 4.69) is 15.3 Å². The van der Waals surface area contributed by atoms with Crippen LogP contribution in [-0.4, -0.2) is 22.1 Å². The first kappa shape index (κ1) is 15.1. The van der Waals surface area contributed by atoms with Gasteiger partial charge in [-0.15, -0.1) is 0 Å². The molecule has 4 rings (SSSR count). The number of hydrogen-bond donors (Lipinski definition) is 1. The Kier molecular flexibility index (Phi) is 3.96. The van der Waals surface area contributed by atoms with Crippen LogP contribution in [0.15, 0.2) is 72.9 Å². The zero-order valence-electron chi connectivity index (χ0n) is 13.7. The first-order valence-electron chi connectivity index (χ1n) is 7.93. The van der Waals surface area contributed by atoms with E-state index in [1.807, 2.05) is 66.7 Å². The predicted molar refractivity (Wildman–Crippen MR) is 99.0 cm³/mol. The third-order valence-corrected chi connectivity index (χ3v) is 3.86. The van der Waals surface area contributed by atoms with Gasteiger partial charge in [-0.1, -0.05) is 30.3 Å². The molecule has 0 saturated heterocycles. The SMILES string of the molecule is COc1ccc(Nc2nc(-c3ccccc3)nc3ncccc23)cc1. The average Bonchev–Trinajstić information content (AvgIpc) is 2.69. The van der Waals surface area contributed by atoms with E-state index in [0.717, 1.165) is 28.2 Å². The molecule has 0 bridgehead atoms. The summed E-state index contributed by atoms with van der Waals surface area (Å²) in [6, 6.07) is 21.4. The molecule has 0 spiro atoms. The van der Waals surface area contributed by atoms with Crippen molar-refractivity contribution in [1.29, 1.82) is 0 Å². The molecule has 0 amide bonds. The fourth-order valence-corrected chi connectivity index (χ4v) is 2.59. The maximum Gasteiger partial charge on any atom is 0.165 e. The highest BCUT2D eigenvalue weighted by atomic mass is 16.5. The Morgan fingerprint density at radius 1 is 0.840 bits per heavy atom. The number of nitrogens with one attached hydrogen (secondary N) is 1. The van der Waals surface area contributed by atoms with Crippen molar-refractivity contribution in [2.75, 3.05) is 12.4 Å². The second-order valence-corrected chi connectivity index (χ2v) is 5.49. The van der Waals surface area contributed by atoms with E-state index in [9.17, 15) is 0 Å². The van der Waals surface area contributed by atoms with Gasteiger partial charge in [0.15, 0.2) is 11.5 Å². The Morgan fingerprint density at radius 3 is 2.40 bits per heavy atom. The molecule has 0 fully saturated rings. The summed E-state index contributed by atoms with van der Waals surface area (Å²) in [7, 11) is 1.65. The molecule has 5 nitrogen and oxygen atoms in total. The topological polar surface area (TPSA) is 59.9 Å². The molecule has 2 heterocycles. The van der Waals surface area contributed by atoms with Crippen LogP contribution < -0.4 is 10.1 Å². The molecule has 1 N–H and O–H groups in total. The normalized spacial score (nSPS) is 10.6. The molecule has 0 aliphatic rings. The summed E-state index contributed by atoms with van der Waals surface area (Å²) in [4.78, 5) is 13.7. The third kappa shape index (κ3) is 3.12. The number of fused-ring (bicyclic) bond motifs is 1. The van der Waals surface area contributed by atoms with Gasteiger partial charge in [0.1, 0.15) is 11.6 Å². The van der Waals surface area contributed by atoms with E-state index in [4.69, 9.17) is 9.72 Å². The molecule has 2 aromatic heterocycles. The van der Waals surface area contributed by atoms with Crippen molar-refractivity contribution in [2.24, 2.45) is 0 Å². The number of hydrogen-bond acceptors (Lipinski definition) is 5. The van der Waals surface area contributed by atoms with Crippen LogP contribution in [0.25, 0.3) is 22.4 Å². The zero-order chi connectivity index (χ0) is 17.1. The van der Waals surface area contributed by atoms with Gasteiger partial charge in [-0.05, 0) is 36.4 Å². The lowest BCUT2D eigenvalue weighted by molar-refractivity contribution is 0.415. The fraction of sp³-hybridized carbons (Fsp3) is 0.0500. The van der Waals surface area contributed by atoms with Gasteiger partial charge >= 0.3 is 0 Å². The minimum atomic E-state index is 0.641. The molecular weight excluding hydrogens is 312 g/mol. The van der Waals surface area contributed by atoms with Crippen LogP contribution in [0.1, 0.15) is 0 Å². The molecule has 122 valence electrons. The third-order valence-electron chi connectivity index (χ3n) is 3.86. The van der Waals surface area contributed by atoms with Gasteiger partial charge in [-0.2, -0.15) is 0 Å². The Bertz CT molecular complexity index is 1000. The Morgan fingerprint density at radius 2 is 1.64 bits per heavy atom. The summed E-state index contributed by atoms with van der Waals surface area (Å²) in [6.07, 6.45) is 1.74. The predicted octanol–water partition coefficient (Wildman–Crippen LogP) is 4.44. The van der Waals surface area contributed by atoms with Crippen molar-refractivity contribution in [3.8, 4) is 17.1 Å². The van der Waals surface area contributed by atoms with E-state index in [-0.39, 0.29) is 0 Å². The lowest BCUT2D eigenvalue weighted by Gasteiger charge is -2.11. The van der Waals surface area contributed by atoms with Crippen molar-refractivity contribution in [3.63, 3.8) is 0 Å². The highest BCUT2D eigenvalue weighted by Crippen LogP contribution is 2.27. The molecule has 2 aromatic carbocycles. The van der Waals surface area contributed by atoms with Gasteiger partial charge in [0, 0.05) is 17.4 Å². The number of aromatic nitrogens is 3. The molecule has 5 heteroatoms. The number of ether oxygens (including phenoxy) is 1. The standard InChI is InChI=1S/C20H16N4O/c1-25-16-11-9-15(10-12-16)22-20-17-8-5-13-21-19(17)23-18(24-20)14-6-3-2-4-7-14/h2-13H,1H3,(H,21,22,23,24). The van der Waals surface area contributed by atoms with E-state index in [1.165, 1.54) is 0 Å². The molecule has 0 atom stereocenters. The van der Waals surface area contributed by atoms with Gasteiger partial charge in [0.25, 0.3) is 0 Å². The van der Waals surface area contributed by atoms with E-state index in [1.54, 1.807) is 13.3 Å². The van der Waals surface area contributed by atoms with Crippen LogP contribution in [0, 0.1) is 0 Å². The van der Waals surface area contributed by atoms with E-state index in [0.29, 0.717) is 11.5 Å². The maximum atomic E-state index is 5.20. The second-order valence-electron chi connectivity index (χ2n) is 5.49. The molecule has 0 radical (unpaired) electrons. The second kappa shape index (κ2) is 6.57. The largest absolute Gasteiger partial charge is 0.497 e. The van der Waals surface area contributed by atoms with Gasteiger partial charge in [-0.25, -0.2) is 15.0 Å². The van der Waals surface area contributed by atoms with Crippen LogP contribution in [-0.2, 0) is 0 Å². The summed E-state index contributed by atoms with van der Waals surface area (Å²) < 4.78 is 5.20. The highest BCUT2D eigenvalue weighted by Gasteiger charge is 2.10. The van der Waals surface area contributed by atoms with Crippen molar-refractivity contribution in [3.05, 3.63) is 72.9 Å². The average molecular weight is 328 g/mol. The smallest absolute Gasteiger partial charge is 0.165 e. The number of methoxy groups -OCH3 is 1. The first-order valence-corrected chi connectivity index (χ1v) is 7.93. The number of rotatable bonds is 4. The van der Waals surface area contributed by atoms with Crippen molar-refractivity contribution in [1.82, 2.24) is 15.0 Å². The van der Waals surface area contributed by atoms with Crippen LogP contribution >= 0.6 is 0 Å². The molecule has 4 aromatic rings. The minimum absolute atomic E-state index is 0.641. The quantitative estimate of drug-likeness (QED) is 0.600. The monoisotopic (exact) mass is 328 g/mol. The summed E-state index contributed by atoms with van der Waals surface area (Å²) in [5.74, 6) is 2.18. The number of benzene rings is 2. The Hall–Kier alpha value is -3.47. The molecule has 0 aliphatic carbocycles. The minimum Gasteiger partial charge on any atom is -0.497 e. The summed E-state index contributed by atoms with van der Waals surface area (Å²) in [5, 5.41) is 4.23. The first-order chi connectivity index (χ1) is 12.3. The van der Waals surface area contributed by atoms with Crippen LogP contribution in [0.2, 0.25) is 0 Å². The molecular formula is C20H16N4O. The number of anilines is 2. The molecule has 0 saturated carbocycles. The van der Waals surface area contributed by atoms with E-state index < -0.39 is 0 Å². The summed E-state index contributed by atoms with van der Waals surface area (Å²) in [5.41, 5.74) is 2.53. The molecule has 25 heavy (non-hydrogen) atoms. The fourth-order valence-electron chi connectivity index (χ4n) is 2.59. The number of pyridine rings is 1. The molecule has 0 unspecified atom stereocenters. The summed E-state index contributed by atoms with van der Waals surface area (Å²) in [6.45, 7) is 0.